The van der Waals surface area contributed by atoms with Gasteiger partial charge in [0.15, 0.2) is 0 Å². The number of halogens is 1. The standard InChI is InChI=1S/C18H22FN/c1-4-13-7-8-15(10-14(13)5-2)18(20)17-11-16(19)9-6-12(17)3/h6-11,18H,4-5,20H2,1-3H3. The van der Waals surface area contributed by atoms with Crippen molar-refractivity contribution < 1.29 is 4.39 Å². The van der Waals surface area contributed by atoms with E-state index in [4.69, 9.17) is 5.73 Å². The summed E-state index contributed by atoms with van der Waals surface area (Å²) in [7, 11) is 0. The van der Waals surface area contributed by atoms with E-state index in [1.54, 1.807) is 12.1 Å². The summed E-state index contributed by atoms with van der Waals surface area (Å²) in [5, 5.41) is 0. The Balaban J connectivity index is 2.42. The van der Waals surface area contributed by atoms with E-state index in [0.717, 1.165) is 29.5 Å². The third-order valence-corrected chi connectivity index (χ3v) is 3.93. The van der Waals surface area contributed by atoms with Gasteiger partial charge in [0.1, 0.15) is 5.82 Å². The molecule has 20 heavy (non-hydrogen) atoms. The van der Waals surface area contributed by atoms with Crippen molar-refractivity contribution in [2.75, 3.05) is 0 Å². The Morgan fingerprint density at radius 1 is 1.00 bits per heavy atom. The highest BCUT2D eigenvalue weighted by Gasteiger charge is 2.13. The fourth-order valence-corrected chi connectivity index (χ4v) is 2.64. The van der Waals surface area contributed by atoms with Crippen LogP contribution in [0.2, 0.25) is 0 Å². The van der Waals surface area contributed by atoms with E-state index in [1.165, 1.54) is 17.2 Å². The molecule has 0 aliphatic rings. The molecule has 0 saturated heterocycles. The van der Waals surface area contributed by atoms with Crippen LogP contribution in [0, 0.1) is 12.7 Å². The number of hydrogen-bond acceptors (Lipinski definition) is 1. The van der Waals surface area contributed by atoms with Gasteiger partial charge in [-0.15, -0.1) is 0 Å². The Hall–Kier alpha value is -1.67. The van der Waals surface area contributed by atoms with E-state index in [1.807, 2.05) is 6.92 Å². The van der Waals surface area contributed by atoms with Gasteiger partial charge in [-0.3, -0.25) is 0 Å². The van der Waals surface area contributed by atoms with Gasteiger partial charge in [0, 0.05) is 0 Å². The lowest BCUT2D eigenvalue weighted by Crippen LogP contribution is -2.14. The van der Waals surface area contributed by atoms with Gasteiger partial charge < -0.3 is 5.73 Å². The summed E-state index contributed by atoms with van der Waals surface area (Å²) in [5.74, 6) is -0.234. The third kappa shape index (κ3) is 2.91. The molecule has 0 aliphatic carbocycles. The average molecular weight is 271 g/mol. The van der Waals surface area contributed by atoms with Gasteiger partial charge in [0.05, 0.1) is 6.04 Å². The Morgan fingerprint density at radius 2 is 1.70 bits per heavy atom. The normalized spacial score (nSPS) is 12.4. The fraction of sp³-hybridized carbons (Fsp3) is 0.333. The molecule has 2 N–H and O–H groups in total. The summed E-state index contributed by atoms with van der Waals surface area (Å²) >= 11 is 0. The number of rotatable bonds is 4. The molecule has 0 aromatic heterocycles. The Morgan fingerprint density at radius 3 is 2.35 bits per heavy atom. The van der Waals surface area contributed by atoms with Crippen molar-refractivity contribution in [1.82, 2.24) is 0 Å². The predicted molar refractivity (Wildman–Crippen MR) is 82.4 cm³/mol. The summed E-state index contributed by atoms with van der Waals surface area (Å²) in [4.78, 5) is 0. The Labute approximate surface area is 120 Å². The van der Waals surface area contributed by atoms with Crippen molar-refractivity contribution in [3.8, 4) is 0 Å². The minimum Gasteiger partial charge on any atom is -0.320 e. The molecule has 2 rings (SSSR count). The molecule has 0 bridgehead atoms. The zero-order valence-electron chi connectivity index (χ0n) is 12.4. The lowest BCUT2D eigenvalue weighted by Gasteiger charge is -2.17. The molecule has 0 amide bonds. The van der Waals surface area contributed by atoms with Gasteiger partial charge in [-0.05, 0) is 59.7 Å². The number of nitrogens with two attached hydrogens (primary N) is 1. The van der Waals surface area contributed by atoms with E-state index >= 15 is 0 Å². The highest BCUT2D eigenvalue weighted by molar-refractivity contribution is 5.40. The van der Waals surface area contributed by atoms with Crippen molar-refractivity contribution in [2.24, 2.45) is 5.73 Å². The molecule has 0 aliphatic heterocycles. The number of aryl methyl sites for hydroxylation is 3. The molecule has 0 fully saturated rings. The molecule has 2 aromatic carbocycles. The second kappa shape index (κ2) is 6.19. The smallest absolute Gasteiger partial charge is 0.123 e. The maximum atomic E-state index is 13.4. The molecular formula is C18H22FN. The first-order valence-corrected chi connectivity index (χ1v) is 7.20. The number of hydrogen-bond donors (Lipinski definition) is 1. The van der Waals surface area contributed by atoms with Gasteiger partial charge in [0.2, 0.25) is 0 Å². The first-order chi connectivity index (χ1) is 9.56. The molecule has 2 heteroatoms. The van der Waals surface area contributed by atoms with E-state index in [9.17, 15) is 4.39 Å². The molecule has 0 saturated carbocycles. The topological polar surface area (TPSA) is 26.0 Å². The van der Waals surface area contributed by atoms with Crippen molar-refractivity contribution >= 4 is 0 Å². The zero-order chi connectivity index (χ0) is 14.7. The lowest BCUT2D eigenvalue weighted by atomic mass is 9.92. The van der Waals surface area contributed by atoms with Crippen LogP contribution in [0.1, 0.15) is 47.7 Å². The van der Waals surface area contributed by atoms with Crippen LogP contribution in [0.25, 0.3) is 0 Å². The van der Waals surface area contributed by atoms with Gasteiger partial charge in [-0.25, -0.2) is 4.39 Å². The maximum absolute atomic E-state index is 13.4. The van der Waals surface area contributed by atoms with Crippen molar-refractivity contribution in [3.63, 3.8) is 0 Å². The molecule has 0 radical (unpaired) electrons. The highest BCUT2D eigenvalue weighted by atomic mass is 19.1. The molecule has 1 nitrogen and oxygen atoms in total. The first-order valence-electron chi connectivity index (χ1n) is 7.20. The largest absolute Gasteiger partial charge is 0.320 e. The summed E-state index contributed by atoms with van der Waals surface area (Å²) in [6.07, 6.45) is 2.02. The highest BCUT2D eigenvalue weighted by Crippen LogP contribution is 2.25. The molecule has 106 valence electrons. The van der Waals surface area contributed by atoms with Crippen LogP contribution in [0.4, 0.5) is 4.39 Å². The van der Waals surface area contributed by atoms with Gasteiger partial charge in [-0.2, -0.15) is 0 Å². The second-order valence-electron chi connectivity index (χ2n) is 5.21. The average Bonchev–Trinajstić information content (AvgIpc) is 2.48. The lowest BCUT2D eigenvalue weighted by molar-refractivity contribution is 0.622. The van der Waals surface area contributed by atoms with Crippen LogP contribution in [0.5, 0.6) is 0 Å². The van der Waals surface area contributed by atoms with Crippen LogP contribution < -0.4 is 5.73 Å². The van der Waals surface area contributed by atoms with Crippen LogP contribution in [0.3, 0.4) is 0 Å². The quantitative estimate of drug-likeness (QED) is 0.881. The molecule has 0 spiro atoms. The number of benzene rings is 2. The minimum atomic E-state index is -0.276. The van der Waals surface area contributed by atoms with E-state index in [-0.39, 0.29) is 11.9 Å². The SMILES string of the molecule is CCc1ccc(C(N)c2cc(F)ccc2C)cc1CC. The van der Waals surface area contributed by atoms with Crippen LogP contribution in [0.15, 0.2) is 36.4 Å². The van der Waals surface area contributed by atoms with Crippen molar-refractivity contribution in [3.05, 3.63) is 70.0 Å². The van der Waals surface area contributed by atoms with Gasteiger partial charge >= 0.3 is 0 Å². The Kier molecular flexibility index (Phi) is 4.56. The summed E-state index contributed by atoms with van der Waals surface area (Å²) < 4.78 is 13.4. The van der Waals surface area contributed by atoms with Crippen LogP contribution >= 0.6 is 0 Å². The van der Waals surface area contributed by atoms with E-state index < -0.39 is 0 Å². The maximum Gasteiger partial charge on any atom is 0.123 e. The Bertz CT molecular complexity index is 604. The summed E-state index contributed by atoms with van der Waals surface area (Å²) in [6.45, 7) is 6.28. The minimum absolute atomic E-state index is 0.234. The first kappa shape index (κ1) is 14.7. The van der Waals surface area contributed by atoms with Gasteiger partial charge in [0.25, 0.3) is 0 Å². The van der Waals surface area contributed by atoms with E-state index in [0.29, 0.717) is 0 Å². The molecule has 0 heterocycles. The molecular weight excluding hydrogens is 249 g/mol. The predicted octanol–water partition coefficient (Wildman–Crippen LogP) is 4.31. The fourth-order valence-electron chi connectivity index (χ4n) is 2.64. The molecule has 1 unspecified atom stereocenters. The van der Waals surface area contributed by atoms with Gasteiger partial charge in [-0.1, -0.05) is 38.1 Å². The van der Waals surface area contributed by atoms with Crippen molar-refractivity contribution in [1.29, 1.82) is 0 Å². The van der Waals surface area contributed by atoms with Crippen molar-refractivity contribution in [2.45, 2.75) is 39.7 Å². The van der Waals surface area contributed by atoms with E-state index in [2.05, 4.69) is 32.0 Å². The third-order valence-electron chi connectivity index (χ3n) is 3.93. The summed E-state index contributed by atoms with van der Waals surface area (Å²) in [5.41, 5.74) is 12.0. The molecule has 2 aromatic rings. The second-order valence-corrected chi connectivity index (χ2v) is 5.21. The summed E-state index contributed by atoms with van der Waals surface area (Å²) in [6, 6.07) is 10.9. The van der Waals surface area contributed by atoms with Crippen LogP contribution in [-0.2, 0) is 12.8 Å². The molecule has 1 atom stereocenters. The zero-order valence-corrected chi connectivity index (χ0v) is 12.4. The monoisotopic (exact) mass is 271 g/mol. The van der Waals surface area contributed by atoms with Crippen LogP contribution in [-0.4, -0.2) is 0 Å².